The second-order valence-corrected chi connectivity index (χ2v) is 5.32. The van der Waals surface area contributed by atoms with Gasteiger partial charge < -0.3 is 5.73 Å². The number of anilines is 1. The fraction of sp³-hybridized carbons (Fsp3) is 0.455. The Kier molecular flexibility index (Phi) is 4.63. The lowest BCUT2D eigenvalue weighted by Gasteiger charge is -2.11. The number of nitrogens with two attached hydrogens (primary N) is 1. The Labute approximate surface area is 95.0 Å². The first-order valence-electron chi connectivity index (χ1n) is 4.85. The minimum absolute atomic E-state index is 0.614. The van der Waals surface area contributed by atoms with Crippen LogP contribution in [0.3, 0.4) is 0 Å². The van der Waals surface area contributed by atoms with E-state index in [0.29, 0.717) is 10.3 Å². The third-order valence-electron chi connectivity index (χ3n) is 2.00. The van der Waals surface area contributed by atoms with Gasteiger partial charge in [0.2, 0.25) is 0 Å². The second kappa shape index (κ2) is 5.52. The molecule has 14 heavy (non-hydrogen) atoms. The van der Waals surface area contributed by atoms with Gasteiger partial charge >= 0.3 is 0 Å². The topological polar surface area (TPSA) is 26.0 Å². The highest BCUT2D eigenvalue weighted by molar-refractivity contribution is 8.00. The molecule has 0 spiro atoms. The SMILES string of the molecule is CCCC(C)Sc1ccc(Cl)cc1N. The molecule has 1 rings (SSSR count). The first-order chi connectivity index (χ1) is 6.63. The van der Waals surface area contributed by atoms with Crippen molar-refractivity contribution < 1.29 is 0 Å². The molecule has 0 aliphatic carbocycles. The van der Waals surface area contributed by atoms with Gasteiger partial charge in [-0.1, -0.05) is 31.9 Å². The molecule has 1 nitrogen and oxygen atoms in total. The average molecular weight is 230 g/mol. The summed E-state index contributed by atoms with van der Waals surface area (Å²) in [5, 5.41) is 1.32. The zero-order valence-corrected chi connectivity index (χ0v) is 10.2. The van der Waals surface area contributed by atoms with Crippen LogP contribution in [-0.2, 0) is 0 Å². The summed E-state index contributed by atoms with van der Waals surface area (Å²) in [6.07, 6.45) is 2.42. The second-order valence-electron chi connectivity index (χ2n) is 3.40. The molecular formula is C11H16ClNS. The van der Waals surface area contributed by atoms with Gasteiger partial charge in [-0.25, -0.2) is 0 Å². The van der Waals surface area contributed by atoms with E-state index in [9.17, 15) is 0 Å². The molecule has 0 amide bonds. The molecule has 0 aliphatic heterocycles. The Morgan fingerprint density at radius 3 is 2.79 bits per heavy atom. The van der Waals surface area contributed by atoms with Crippen molar-refractivity contribution in [2.45, 2.75) is 36.8 Å². The Bertz CT molecular complexity index is 301. The Balaban J connectivity index is 2.67. The molecule has 0 saturated carbocycles. The van der Waals surface area contributed by atoms with E-state index in [0.717, 1.165) is 10.6 Å². The number of hydrogen-bond acceptors (Lipinski definition) is 2. The molecule has 1 unspecified atom stereocenters. The van der Waals surface area contributed by atoms with Gasteiger partial charge in [0, 0.05) is 20.9 Å². The van der Waals surface area contributed by atoms with Crippen molar-refractivity contribution in [2.24, 2.45) is 0 Å². The maximum Gasteiger partial charge on any atom is 0.0467 e. The van der Waals surface area contributed by atoms with E-state index in [-0.39, 0.29) is 0 Å². The van der Waals surface area contributed by atoms with Crippen LogP contribution in [0.15, 0.2) is 23.1 Å². The van der Waals surface area contributed by atoms with Crippen molar-refractivity contribution in [3.63, 3.8) is 0 Å². The van der Waals surface area contributed by atoms with E-state index in [4.69, 9.17) is 17.3 Å². The summed E-state index contributed by atoms with van der Waals surface area (Å²) in [5.74, 6) is 0. The van der Waals surface area contributed by atoms with Crippen molar-refractivity contribution in [1.82, 2.24) is 0 Å². The first kappa shape index (κ1) is 11.7. The highest BCUT2D eigenvalue weighted by Gasteiger charge is 2.06. The number of nitrogen functional groups attached to an aromatic ring is 1. The maximum absolute atomic E-state index is 5.86. The molecule has 0 saturated heterocycles. The fourth-order valence-electron chi connectivity index (χ4n) is 1.31. The Morgan fingerprint density at radius 1 is 1.50 bits per heavy atom. The predicted molar refractivity (Wildman–Crippen MR) is 66.1 cm³/mol. The van der Waals surface area contributed by atoms with E-state index in [2.05, 4.69) is 13.8 Å². The molecule has 0 bridgehead atoms. The van der Waals surface area contributed by atoms with Crippen LogP contribution in [0.4, 0.5) is 5.69 Å². The summed E-state index contributed by atoms with van der Waals surface area (Å²) in [5.41, 5.74) is 6.64. The number of halogens is 1. The zero-order chi connectivity index (χ0) is 10.6. The standard InChI is InChI=1S/C11H16ClNS/c1-3-4-8(2)14-11-6-5-9(12)7-10(11)13/h5-8H,3-4,13H2,1-2H3. The number of rotatable bonds is 4. The third-order valence-corrected chi connectivity index (χ3v) is 3.49. The summed E-state index contributed by atoms with van der Waals surface area (Å²) in [4.78, 5) is 1.13. The lowest BCUT2D eigenvalue weighted by atomic mass is 10.3. The largest absolute Gasteiger partial charge is 0.398 e. The highest BCUT2D eigenvalue weighted by Crippen LogP contribution is 2.32. The molecule has 1 aromatic rings. The van der Waals surface area contributed by atoms with Gasteiger partial charge in [0.15, 0.2) is 0 Å². The van der Waals surface area contributed by atoms with Crippen molar-refractivity contribution in [1.29, 1.82) is 0 Å². The molecule has 0 radical (unpaired) electrons. The normalized spacial score (nSPS) is 12.8. The Hall–Kier alpha value is -0.340. The van der Waals surface area contributed by atoms with Gasteiger partial charge in [-0.15, -0.1) is 11.8 Å². The van der Waals surface area contributed by atoms with Gasteiger partial charge in [-0.05, 0) is 24.6 Å². The molecule has 0 heterocycles. The minimum Gasteiger partial charge on any atom is -0.398 e. The van der Waals surface area contributed by atoms with Crippen LogP contribution in [-0.4, -0.2) is 5.25 Å². The minimum atomic E-state index is 0.614. The van der Waals surface area contributed by atoms with Crippen LogP contribution < -0.4 is 5.73 Å². The van der Waals surface area contributed by atoms with Crippen molar-refractivity contribution in [2.75, 3.05) is 5.73 Å². The van der Waals surface area contributed by atoms with E-state index in [1.807, 2.05) is 30.0 Å². The van der Waals surface area contributed by atoms with Gasteiger partial charge in [-0.3, -0.25) is 0 Å². The summed E-state index contributed by atoms with van der Waals surface area (Å²) >= 11 is 7.65. The van der Waals surface area contributed by atoms with Gasteiger partial charge in [0.05, 0.1) is 0 Å². The molecule has 1 aromatic carbocycles. The molecule has 2 N–H and O–H groups in total. The zero-order valence-electron chi connectivity index (χ0n) is 8.59. The molecule has 78 valence electrons. The molecule has 3 heteroatoms. The maximum atomic E-state index is 5.86. The lowest BCUT2D eigenvalue weighted by molar-refractivity contribution is 0.787. The van der Waals surface area contributed by atoms with Crippen LogP contribution in [0.25, 0.3) is 0 Å². The monoisotopic (exact) mass is 229 g/mol. The predicted octanol–water partition coefficient (Wildman–Crippen LogP) is 4.20. The Morgan fingerprint density at radius 2 is 2.21 bits per heavy atom. The number of thioether (sulfide) groups is 1. The number of benzene rings is 1. The van der Waals surface area contributed by atoms with Crippen molar-refractivity contribution >= 4 is 29.1 Å². The molecule has 1 atom stereocenters. The lowest BCUT2D eigenvalue weighted by Crippen LogP contribution is -1.96. The first-order valence-corrected chi connectivity index (χ1v) is 6.11. The summed E-state index contributed by atoms with van der Waals surface area (Å²) in [6, 6.07) is 5.69. The van der Waals surface area contributed by atoms with E-state index < -0.39 is 0 Å². The van der Waals surface area contributed by atoms with Crippen LogP contribution in [0, 0.1) is 0 Å². The molecule has 0 fully saturated rings. The highest BCUT2D eigenvalue weighted by atomic mass is 35.5. The van der Waals surface area contributed by atoms with Crippen LogP contribution in [0.1, 0.15) is 26.7 Å². The van der Waals surface area contributed by atoms with Crippen molar-refractivity contribution in [3.05, 3.63) is 23.2 Å². The van der Waals surface area contributed by atoms with E-state index >= 15 is 0 Å². The summed E-state index contributed by atoms with van der Waals surface area (Å²) in [6.45, 7) is 4.42. The summed E-state index contributed by atoms with van der Waals surface area (Å²) in [7, 11) is 0. The summed E-state index contributed by atoms with van der Waals surface area (Å²) < 4.78 is 0. The van der Waals surface area contributed by atoms with Crippen molar-refractivity contribution in [3.8, 4) is 0 Å². The molecule has 0 aromatic heterocycles. The van der Waals surface area contributed by atoms with Gasteiger partial charge in [-0.2, -0.15) is 0 Å². The van der Waals surface area contributed by atoms with E-state index in [1.54, 1.807) is 0 Å². The third kappa shape index (κ3) is 3.43. The van der Waals surface area contributed by atoms with Gasteiger partial charge in [0.1, 0.15) is 0 Å². The molecular weight excluding hydrogens is 214 g/mol. The van der Waals surface area contributed by atoms with Crippen LogP contribution in [0.5, 0.6) is 0 Å². The quantitative estimate of drug-likeness (QED) is 0.619. The van der Waals surface area contributed by atoms with Crippen LogP contribution in [0.2, 0.25) is 5.02 Å². The van der Waals surface area contributed by atoms with Crippen LogP contribution >= 0.6 is 23.4 Å². The smallest absolute Gasteiger partial charge is 0.0467 e. The fourth-order valence-corrected chi connectivity index (χ4v) is 2.62. The number of hydrogen-bond donors (Lipinski definition) is 1. The molecule has 0 aliphatic rings. The van der Waals surface area contributed by atoms with Gasteiger partial charge in [0.25, 0.3) is 0 Å². The average Bonchev–Trinajstić information content (AvgIpc) is 2.10. The van der Waals surface area contributed by atoms with E-state index in [1.165, 1.54) is 12.8 Å².